The van der Waals surface area contributed by atoms with E-state index in [1.54, 1.807) is 21.7 Å². The molecule has 126 valence electrons. The summed E-state index contributed by atoms with van der Waals surface area (Å²) in [5.74, 6) is -0.0185. The number of hydrogen-bond donors (Lipinski definition) is 0. The summed E-state index contributed by atoms with van der Waals surface area (Å²) in [5.41, 5.74) is 3.22. The van der Waals surface area contributed by atoms with Gasteiger partial charge in [0.2, 0.25) is 5.91 Å². The molecule has 0 saturated heterocycles. The van der Waals surface area contributed by atoms with Crippen molar-refractivity contribution in [2.75, 3.05) is 0 Å². The summed E-state index contributed by atoms with van der Waals surface area (Å²) in [6, 6.07) is 17.0. The van der Waals surface area contributed by atoms with Gasteiger partial charge in [-0.2, -0.15) is 5.26 Å². The molecule has 0 N–H and O–H groups in total. The normalized spacial score (nSPS) is 10.8. The number of fused-ring (bicyclic) bond motifs is 1. The highest BCUT2D eigenvalue weighted by atomic mass is 16.2. The monoisotopic (exact) mass is 333 g/mol. The lowest BCUT2D eigenvalue weighted by Gasteiger charge is -2.27. The first-order chi connectivity index (χ1) is 12.1. The van der Waals surface area contributed by atoms with E-state index in [-0.39, 0.29) is 18.5 Å². The van der Waals surface area contributed by atoms with Crippen LogP contribution in [-0.2, 0) is 17.9 Å². The number of nitriles is 1. The summed E-state index contributed by atoms with van der Waals surface area (Å²) in [4.78, 5) is 14.6. The molecule has 3 rings (SSSR count). The number of rotatable bonds is 5. The third kappa shape index (κ3) is 3.66. The number of benzene rings is 2. The maximum Gasteiger partial charge on any atom is 0.244 e. The first-order valence-corrected chi connectivity index (χ1v) is 8.15. The van der Waals surface area contributed by atoms with Crippen LogP contribution in [0.15, 0.2) is 48.5 Å². The molecule has 6 heteroatoms. The van der Waals surface area contributed by atoms with Crippen LogP contribution in [0.1, 0.15) is 25.0 Å². The molecule has 1 heterocycles. The molecule has 0 bridgehead atoms. The average Bonchev–Trinajstić information content (AvgIpc) is 3.03. The minimum atomic E-state index is -0.0185. The number of para-hydroxylation sites is 1. The molecular formula is C19H19N5O. The second-order valence-electron chi connectivity index (χ2n) is 6.16. The Labute approximate surface area is 146 Å². The summed E-state index contributed by atoms with van der Waals surface area (Å²) >= 11 is 0. The second-order valence-corrected chi connectivity index (χ2v) is 6.16. The van der Waals surface area contributed by atoms with E-state index in [4.69, 9.17) is 5.26 Å². The maximum atomic E-state index is 12.8. The van der Waals surface area contributed by atoms with Gasteiger partial charge in [0.15, 0.2) is 0 Å². The van der Waals surface area contributed by atoms with Crippen LogP contribution in [0.5, 0.6) is 0 Å². The van der Waals surface area contributed by atoms with Gasteiger partial charge < -0.3 is 4.90 Å². The van der Waals surface area contributed by atoms with Crippen LogP contribution in [0.4, 0.5) is 0 Å². The van der Waals surface area contributed by atoms with E-state index in [1.807, 2.05) is 50.2 Å². The summed E-state index contributed by atoms with van der Waals surface area (Å²) in [6.07, 6.45) is 0. The molecule has 0 unspecified atom stereocenters. The van der Waals surface area contributed by atoms with Crippen molar-refractivity contribution in [2.24, 2.45) is 0 Å². The molecule has 0 aliphatic rings. The molecule has 6 nitrogen and oxygen atoms in total. The van der Waals surface area contributed by atoms with Crippen molar-refractivity contribution in [3.63, 3.8) is 0 Å². The van der Waals surface area contributed by atoms with Crippen molar-refractivity contribution in [2.45, 2.75) is 33.0 Å². The Morgan fingerprint density at radius 2 is 1.92 bits per heavy atom. The van der Waals surface area contributed by atoms with Crippen molar-refractivity contribution in [3.8, 4) is 6.07 Å². The molecule has 1 amide bonds. The fraction of sp³-hybridized carbons (Fsp3) is 0.263. The fourth-order valence-corrected chi connectivity index (χ4v) is 2.69. The summed E-state index contributed by atoms with van der Waals surface area (Å²) in [6.45, 7) is 4.62. The molecule has 0 spiro atoms. The van der Waals surface area contributed by atoms with Crippen LogP contribution in [0.3, 0.4) is 0 Å². The van der Waals surface area contributed by atoms with Gasteiger partial charge in [-0.25, -0.2) is 4.68 Å². The third-order valence-corrected chi connectivity index (χ3v) is 4.08. The van der Waals surface area contributed by atoms with Crippen LogP contribution in [0.2, 0.25) is 0 Å². The van der Waals surface area contributed by atoms with Crippen LogP contribution in [-0.4, -0.2) is 31.8 Å². The van der Waals surface area contributed by atoms with Gasteiger partial charge in [-0.05, 0) is 43.7 Å². The molecular weight excluding hydrogens is 314 g/mol. The van der Waals surface area contributed by atoms with Crippen molar-refractivity contribution < 1.29 is 4.79 Å². The van der Waals surface area contributed by atoms with Crippen molar-refractivity contribution >= 4 is 16.9 Å². The van der Waals surface area contributed by atoms with E-state index in [2.05, 4.69) is 16.4 Å². The Hall–Kier alpha value is -3.20. The Bertz CT molecular complexity index is 921. The SMILES string of the molecule is CC(C)N(Cc1ccc(C#N)cc1)C(=O)Cn1nnc2ccccc21. The van der Waals surface area contributed by atoms with E-state index >= 15 is 0 Å². The molecule has 0 aliphatic heterocycles. The van der Waals surface area contributed by atoms with E-state index in [0.717, 1.165) is 16.6 Å². The lowest BCUT2D eigenvalue weighted by molar-refractivity contribution is -0.134. The first kappa shape index (κ1) is 16.7. The molecule has 1 aromatic heterocycles. The molecule has 0 atom stereocenters. The zero-order valence-corrected chi connectivity index (χ0v) is 14.3. The molecule has 0 fully saturated rings. The number of carbonyl (C=O) groups is 1. The highest BCUT2D eigenvalue weighted by molar-refractivity contribution is 5.80. The largest absolute Gasteiger partial charge is 0.334 e. The molecule has 0 aliphatic carbocycles. The highest BCUT2D eigenvalue weighted by Gasteiger charge is 2.19. The van der Waals surface area contributed by atoms with Gasteiger partial charge in [0, 0.05) is 12.6 Å². The van der Waals surface area contributed by atoms with Crippen LogP contribution in [0.25, 0.3) is 11.0 Å². The smallest absolute Gasteiger partial charge is 0.244 e. The minimum absolute atomic E-state index is 0.0185. The summed E-state index contributed by atoms with van der Waals surface area (Å²) in [5, 5.41) is 17.1. The zero-order valence-electron chi connectivity index (χ0n) is 14.3. The molecule has 0 radical (unpaired) electrons. The first-order valence-electron chi connectivity index (χ1n) is 8.15. The summed E-state index contributed by atoms with van der Waals surface area (Å²) < 4.78 is 1.63. The van der Waals surface area contributed by atoms with E-state index < -0.39 is 0 Å². The summed E-state index contributed by atoms with van der Waals surface area (Å²) in [7, 11) is 0. The van der Waals surface area contributed by atoms with E-state index in [9.17, 15) is 4.79 Å². The van der Waals surface area contributed by atoms with Gasteiger partial charge in [-0.1, -0.05) is 29.5 Å². The standard InChI is InChI=1S/C19H19N5O/c1-14(2)23(12-16-9-7-15(11-20)8-10-16)19(25)13-24-18-6-4-3-5-17(18)21-22-24/h3-10,14H,12-13H2,1-2H3. The molecule has 2 aromatic carbocycles. The molecule has 25 heavy (non-hydrogen) atoms. The predicted molar refractivity (Wildman–Crippen MR) is 94.4 cm³/mol. The zero-order chi connectivity index (χ0) is 17.8. The number of amides is 1. The van der Waals surface area contributed by atoms with E-state index in [1.165, 1.54) is 0 Å². The molecule has 0 saturated carbocycles. The van der Waals surface area contributed by atoms with Gasteiger partial charge in [0.1, 0.15) is 12.1 Å². The van der Waals surface area contributed by atoms with Gasteiger partial charge >= 0.3 is 0 Å². The lowest BCUT2D eigenvalue weighted by Crippen LogP contribution is -2.38. The lowest BCUT2D eigenvalue weighted by atomic mass is 10.1. The average molecular weight is 333 g/mol. The Morgan fingerprint density at radius 3 is 2.60 bits per heavy atom. The fourth-order valence-electron chi connectivity index (χ4n) is 2.69. The number of nitrogens with zero attached hydrogens (tertiary/aromatic N) is 5. The Kier molecular flexibility index (Phi) is 4.75. The Balaban J connectivity index is 1.77. The maximum absolute atomic E-state index is 12.8. The quantitative estimate of drug-likeness (QED) is 0.719. The van der Waals surface area contributed by atoms with Gasteiger partial charge in [-0.3, -0.25) is 4.79 Å². The van der Waals surface area contributed by atoms with Gasteiger partial charge in [0.25, 0.3) is 0 Å². The topological polar surface area (TPSA) is 74.8 Å². The predicted octanol–water partition coefficient (Wildman–Crippen LogP) is 2.74. The number of aromatic nitrogens is 3. The van der Waals surface area contributed by atoms with Gasteiger partial charge in [-0.15, -0.1) is 5.10 Å². The number of carbonyl (C=O) groups excluding carboxylic acids is 1. The van der Waals surface area contributed by atoms with Crippen molar-refractivity contribution in [1.82, 2.24) is 19.9 Å². The van der Waals surface area contributed by atoms with Crippen LogP contribution < -0.4 is 0 Å². The third-order valence-electron chi connectivity index (χ3n) is 4.08. The second kappa shape index (κ2) is 7.14. The van der Waals surface area contributed by atoms with Crippen LogP contribution >= 0.6 is 0 Å². The van der Waals surface area contributed by atoms with Crippen molar-refractivity contribution in [1.29, 1.82) is 5.26 Å². The molecule has 3 aromatic rings. The number of hydrogen-bond acceptors (Lipinski definition) is 4. The highest BCUT2D eigenvalue weighted by Crippen LogP contribution is 2.13. The van der Waals surface area contributed by atoms with E-state index in [0.29, 0.717) is 12.1 Å². The van der Waals surface area contributed by atoms with Gasteiger partial charge in [0.05, 0.1) is 17.1 Å². The van der Waals surface area contributed by atoms with Crippen LogP contribution in [0, 0.1) is 11.3 Å². The Morgan fingerprint density at radius 1 is 1.20 bits per heavy atom. The minimum Gasteiger partial charge on any atom is -0.334 e. The van der Waals surface area contributed by atoms with Crippen molar-refractivity contribution in [3.05, 3.63) is 59.7 Å².